The minimum atomic E-state index is -0.00855. The first-order valence-corrected chi connectivity index (χ1v) is 8.39. The molecule has 120 valence electrons. The smallest absolute Gasteiger partial charge is 0.224 e. The Morgan fingerprint density at radius 3 is 2.74 bits per heavy atom. The number of pyridine rings is 1. The number of hydrogen-bond donors (Lipinski definition) is 1. The molecule has 1 aliphatic carbocycles. The number of benzene rings is 1. The molecule has 0 bridgehead atoms. The molecule has 2 aromatic rings. The van der Waals surface area contributed by atoms with Gasteiger partial charge in [0.2, 0.25) is 5.91 Å². The molecule has 1 amide bonds. The Hall–Kier alpha value is -1.94. The van der Waals surface area contributed by atoms with E-state index in [0.29, 0.717) is 40.5 Å². The summed E-state index contributed by atoms with van der Waals surface area (Å²) in [5.74, 6) is 0.461. The van der Waals surface area contributed by atoms with E-state index in [1.807, 2.05) is 0 Å². The average Bonchev–Trinajstić information content (AvgIpc) is 2.58. The zero-order valence-corrected chi connectivity index (χ0v) is 13.6. The van der Waals surface area contributed by atoms with E-state index in [1.54, 1.807) is 24.3 Å². The summed E-state index contributed by atoms with van der Waals surface area (Å²) in [6, 6.07) is 6.85. The second-order valence-electron chi connectivity index (χ2n) is 6.10. The van der Waals surface area contributed by atoms with Crippen LogP contribution in [0.3, 0.4) is 0 Å². The maximum atomic E-state index is 12.4. The van der Waals surface area contributed by atoms with Crippen LogP contribution in [0.15, 0.2) is 24.3 Å². The van der Waals surface area contributed by atoms with Crippen LogP contribution in [-0.2, 0) is 4.79 Å². The van der Waals surface area contributed by atoms with Crippen LogP contribution in [0.25, 0.3) is 10.9 Å². The molecule has 0 spiro atoms. The predicted molar refractivity (Wildman–Crippen MR) is 92.0 cm³/mol. The highest BCUT2D eigenvalue weighted by atomic mass is 35.5. The lowest BCUT2D eigenvalue weighted by molar-refractivity contribution is -0.117. The van der Waals surface area contributed by atoms with Crippen molar-refractivity contribution in [3.8, 4) is 0 Å². The molecule has 3 rings (SSSR count). The molecule has 1 saturated carbocycles. The van der Waals surface area contributed by atoms with E-state index in [4.69, 9.17) is 11.6 Å². The third kappa shape index (κ3) is 3.70. The van der Waals surface area contributed by atoms with Crippen molar-refractivity contribution in [2.24, 2.45) is 5.92 Å². The van der Waals surface area contributed by atoms with Crippen LogP contribution in [0.1, 0.15) is 49.0 Å². The molecule has 0 unspecified atom stereocenters. The van der Waals surface area contributed by atoms with Crippen molar-refractivity contribution in [3.05, 3.63) is 35.0 Å². The zero-order valence-electron chi connectivity index (χ0n) is 12.8. The van der Waals surface area contributed by atoms with Crippen molar-refractivity contribution in [2.75, 3.05) is 5.32 Å². The first-order valence-electron chi connectivity index (χ1n) is 8.01. The van der Waals surface area contributed by atoms with Gasteiger partial charge in [0.05, 0.1) is 16.2 Å². The van der Waals surface area contributed by atoms with Gasteiger partial charge in [-0.25, -0.2) is 4.98 Å². The highest BCUT2D eigenvalue weighted by Gasteiger charge is 2.18. The van der Waals surface area contributed by atoms with Crippen LogP contribution < -0.4 is 5.32 Å². The highest BCUT2D eigenvalue weighted by molar-refractivity contribution is 6.35. The number of nitrogens with one attached hydrogen (secondary N) is 1. The third-order valence-electron chi connectivity index (χ3n) is 4.43. The van der Waals surface area contributed by atoms with Gasteiger partial charge in [0, 0.05) is 11.8 Å². The van der Waals surface area contributed by atoms with Crippen LogP contribution >= 0.6 is 11.6 Å². The van der Waals surface area contributed by atoms with Gasteiger partial charge in [0.25, 0.3) is 0 Å². The van der Waals surface area contributed by atoms with Gasteiger partial charge < -0.3 is 5.32 Å². The fourth-order valence-corrected chi connectivity index (χ4v) is 3.44. The lowest BCUT2D eigenvalue weighted by atomic mass is 9.87. The number of hydrogen-bond acceptors (Lipinski definition) is 3. The molecule has 0 aliphatic heterocycles. The molecule has 1 aromatic heterocycles. The van der Waals surface area contributed by atoms with Crippen LogP contribution in [-0.4, -0.2) is 17.2 Å². The number of carbonyl (C=O) groups excluding carboxylic acids is 2. The number of fused-ring (bicyclic) bond motifs is 1. The summed E-state index contributed by atoms with van der Waals surface area (Å²) in [4.78, 5) is 27.4. The average molecular weight is 331 g/mol. The molecule has 0 saturated heterocycles. The normalized spacial score (nSPS) is 15.5. The van der Waals surface area contributed by atoms with Gasteiger partial charge in [-0.1, -0.05) is 30.9 Å². The number of anilines is 1. The van der Waals surface area contributed by atoms with E-state index in [1.165, 1.54) is 19.3 Å². The Balaban J connectivity index is 1.82. The molecule has 5 heteroatoms. The quantitative estimate of drug-likeness (QED) is 0.833. The second kappa shape index (κ2) is 7.09. The van der Waals surface area contributed by atoms with Crippen molar-refractivity contribution in [3.63, 3.8) is 0 Å². The van der Waals surface area contributed by atoms with E-state index >= 15 is 0 Å². The Morgan fingerprint density at radius 2 is 2.00 bits per heavy atom. The van der Waals surface area contributed by atoms with Gasteiger partial charge in [-0.15, -0.1) is 0 Å². The number of carbonyl (C=O) groups is 2. The number of halogens is 1. The molecule has 1 heterocycles. The summed E-state index contributed by atoms with van der Waals surface area (Å²) in [6.45, 7) is 0. The van der Waals surface area contributed by atoms with E-state index in [0.717, 1.165) is 18.2 Å². The molecule has 1 fully saturated rings. The summed E-state index contributed by atoms with van der Waals surface area (Å²) in [6.07, 6.45) is 7.19. The molecule has 1 aromatic carbocycles. The molecule has 1 N–H and O–H groups in total. The summed E-state index contributed by atoms with van der Waals surface area (Å²) in [7, 11) is 0. The number of aromatic nitrogens is 1. The first-order chi connectivity index (χ1) is 11.2. The van der Waals surface area contributed by atoms with Gasteiger partial charge in [-0.2, -0.15) is 0 Å². The van der Waals surface area contributed by atoms with Crippen LogP contribution in [0.5, 0.6) is 0 Å². The van der Waals surface area contributed by atoms with Gasteiger partial charge in [-0.3, -0.25) is 9.59 Å². The number of rotatable bonds is 4. The largest absolute Gasteiger partial charge is 0.324 e. The van der Waals surface area contributed by atoms with Crippen LogP contribution in [0.4, 0.5) is 5.69 Å². The van der Waals surface area contributed by atoms with Crippen molar-refractivity contribution in [2.45, 2.75) is 38.5 Å². The first kappa shape index (κ1) is 15.9. The predicted octanol–water partition coefficient (Wildman–Crippen LogP) is 4.61. The van der Waals surface area contributed by atoms with Crippen LogP contribution in [0, 0.1) is 5.92 Å². The highest BCUT2D eigenvalue weighted by Crippen LogP contribution is 2.32. The second-order valence-corrected chi connectivity index (χ2v) is 6.51. The fraction of sp³-hybridized carbons (Fsp3) is 0.389. The van der Waals surface area contributed by atoms with Gasteiger partial charge >= 0.3 is 0 Å². The summed E-state index contributed by atoms with van der Waals surface area (Å²) >= 11 is 6.25. The SMILES string of the molecule is O=Cc1ccc2c(NC(=O)CC3CCCCC3)c(Cl)ccc2n1. The molecular formula is C18H19ClN2O2. The standard InChI is InChI=1S/C18H19ClN2O2/c19-15-8-9-16-14(7-6-13(11-22)20-16)18(15)21-17(23)10-12-4-2-1-3-5-12/h6-9,11-12H,1-5,10H2,(H,21,23). The fourth-order valence-electron chi connectivity index (χ4n) is 3.23. The lowest BCUT2D eigenvalue weighted by Gasteiger charge is -2.21. The van der Waals surface area contributed by atoms with E-state index in [-0.39, 0.29) is 5.91 Å². The van der Waals surface area contributed by atoms with Crippen molar-refractivity contribution < 1.29 is 9.59 Å². The Morgan fingerprint density at radius 1 is 1.22 bits per heavy atom. The minimum Gasteiger partial charge on any atom is -0.324 e. The minimum absolute atomic E-state index is 0.00855. The van der Waals surface area contributed by atoms with Crippen molar-refractivity contribution in [1.82, 2.24) is 4.98 Å². The maximum Gasteiger partial charge on any atom is 0.224 e. The number of nitrogens with zero attached hydrogens (tertiary/aromatic N) is 1. The van der Waals surface area contributed by atoms with Crippen LogP contribution in [0.2, 0.25) is 5.02 Å². The monoisotopic (exact) mass is 330 g/mol. The topological polar surface area (TPSA) is 59.1 Å². The zero-order chi connectivity index (χ0) is 16.2. The molecular weight excluding hydrogens is 312 g/mol. The maximum absolute atomic E-state index is 12.4. The Bertz CT molecular complexity index is 739. The summed E-state index contributed by atoms with van der Waals surface area (Å²) < 4.78 is 0. The molecule has 1 aliphatic rings. The van der Waals surface area contributed by atoms with E-state index in [2.05, 4.69) is 10.3 Å². The summed E-state index contributed by atoms with van der Waals surface area (Å²) in [5.41, 5.74) is 1.58. The molecule has 23 heavy (non-hydrogen) atoms. The molecule has 0 atom stereocenters. The lowest BCUT2D eigenvalue weighted by Crippen LogP contribution is -2.18. The van der Waals surface area contributed by atoms with Crippen molar-refractivity contribution in [1.29, 1.82) is 0 Å². The molecule has 4 nitrogen and oxygen atoms in total. The van der Waals surface area contributed by atoms with Gasteiger partial charge in [0.15, 0.2) is 6.29 Å². The molecule has 0 radical (unpaired) electrons. The van der Waals surface area contributed by atoms with Gasteiger partial charge in [0.1, 0.15) is 5.69 Å². The Kier molecular flexibility index (Phi) is 4.91. The van der Waals surface area contributed by atoms with Crippen molar-refractivity contribution >= 4 is 40.4 Å². The van der Waals surface area contributed by atoms with E-state index < -0.39 is 0 Å². The van der Waals surface area contributed by atoms with E-state index in [9.17, 15) is 9.59 Å². The van der Waals surface area contributed by atoms with Gasteiger partial charge in [-0.05, 0) is 43.0 Å². The number of amides is 1. The summed E-state index contributed by atoms with van der Waals surface area (Å²) in [5, 5.41) is 4.17. The third-order valence-corrected chi connectivity index (χ3v) is 4.74. The Labute approximate surface area is 140 Å². The number of aldehydes is 1.